The van der Waals surface area contributed by atoms with Gasteiger partial charge >= 0.3 is 0 Å². The zero-order valence-corrected chi connectivity index (χ0v) is 18.2. The number of sulfonamides is 1. The van der Waals surface area contributed by atoms with E-state index in [1.807, 2.05) is 12.1 Å². The monoisotopic (exact) mass is 452 g/mol. The maximum atomic E-state index is 12.3. The molecule has 0 radical (unpaired) electrons. The van der Waals surface area contributed by atoms with E-state index in [0.717, 1.165) is 38.2 Å². The summed E-state index contributed by atoms with van der Waals surface area (Å²) in [6, 6.07) is 10.7. The molecule has 0 saturated heterocycles. The number of ether oxygens (including phenoxy) is 3. The number of unbranched alkanes of at least 4 members (excludes halogenated alkanes) is 1. The zero-order chi connectivity index (χ0) is 20.3. The van der Waals surface area contributed by atoms with Crippen molar-refractivity contribution in [2.45, 2.75) is 17.2 Å². The predicted molar refractivity (Wildman–Crippen MR) is 116 cm³/mol. The fourth-order valence-corrected chi connectivity index (χ4v) is 6.15. The van der Waals surface area contributed by atoms with E-state index >= 15 is 0 Å². The summed E-state index contributed by atoms with van der Waals surface area (Å²) in [5.74, 6) is 2.98. The first-order valence-corrected chi connectivity index (χ1v) is 12.5. The molecule has 3 aromatic rings. The average Bonchev–Trinajstić information content (AvgIpc) is 3.30. The van der Waals surface area contributed by atoms with Crippen LogP contribution in [0.5, 0.6) is 17.2 Å². The second-order valence-corrected chi connectivity index (χ2v) is 10.6. The maximum Gasteiger partial charge on any atom is 0.232 e. The molecule has 0 unspecified atom stereocenters. The first-order chi connectivity index (χ1) is 14.0. The summed E-state index contributed by atoms with van der Waals surface area (Å²) in [6.45, 7) is 0.254. The molecular weight excluding hydrogens is 432 g/mol. The van der Waals surface area contributed by atoms with E-state index in [0.29, 0.717) is 17.9 Å². The Morgan fingerprint density at radius 3 is 2.86 bits per heavy atom. The molecule has 1 aliphatic heterocycles. The van der Waals surface area contributed by atoms with Crippen LogP contribution in [0.25, 0.3) is 10.2 Å². The van der Waals surface area contributed by atoms with E-state index in [9.17, 15) is 8.42 Å². The molecule has 29 heavy (non-hydrogen) atoms. The Morgan fingerprint density at radius 2 is 2.03 bits per heavy atom. The standard InChI is InChI=1S/C19H20N2O5S3/c1-24-14-6-4-5-13(9-14)21-29(22,23)8-3-2-7-27-19-20-15-10-16-17(26-12-25-16)11-18(15)28-19/h4-6,9-11,21H,2-3,7-8,12H2,1H3. The largest absolute Gasteiger partial charge is 0.497 e. The number of nitrogens with zero attached hydrogens (tertiary/aromatic N) is 1. The van der Waals surface area contributed by atoms with Gasteiger partial charge in [-0.25, -0.2) is 13.4 Å². The van der Waals surface area contributed by atoms with Crippen LogP contribution < -0.4 is 18.9 Å². The van der Waals surface area contributed by atoms with Crippen molar-refractivity contribution in [2.24, 2.45) is 0 Å². The Morgan fingerprint density at radius 1 is 1.21 bits per heavy atom. The van der Waals surface area contributed by atoms with Crippen LogP contribution in [0.2, 0.25) is 0 Å². The minimum atomic E-state index is -3.39. The summed E-state index contributed by atoms with van der Waals surface area (Å²) in [7, 11) is -1.84. The molecule has 10 heteroatoms. The number of fused-ring (bicyclic) bond motifs is 2. The molecule has 2 heterocycles. The van der Waals surface area contributed by atoms with E-state index < -0.39 is 10.0 Å². The van der Waals surface area contributed by atoms with Gasteiger partial charge in [-0.2, -0.15) is 0 Å². The predicted octanol–water partition coefficient (Wildman–Crippen LogP) is 4.35. The normalized spacial score (nSPS) is 13.0. The molecule has 2 aromatic carbocycles. The number of hydrogen-bond donors (Lipinski definition) is 1. The molecule has 0 spiro atoms. The zero-order valence-electron chi connectivity index (χ0n) is 15.7. The Hall–Kier alpha value is -2.17. The van der Waals surface area contributed by atoms with Crippen molar-refractivity contribution in [3.8, 4) is 17.2 Å². The van der Waals surface area contributed by atoms with Crippen molar-refractivity contribution in [1.29, 1.82) is 0 Å². The van der Waals surface area contributed by atoms with Gasteiger partial charge in [-0.05, 0) is 25.0 Å². The molecule has 0 aliphatic carbocycles. The van der Waals surface area contributed by atoms with Gasteiger partial charge in [0.1, 0.15) is 5.75 Å². The number of methoxy groups -OCH3 is 1. The highest BCUT2D eigenvalue weighted by Crippen LogP contribution is 2.39. The molecule has 154 valence electrons. The highest BCUT2D eigenvalue weighted by Gasteiger charge is 2.17. The summed E-state index contributed by atoms with van der Waals surface area (Å²) in [5, 5.41) is 0. The lowest BCUT2D eigenvalue weighted by Crippen LogP contribution is -2.16. The third kappa shape index (κ3) is 5.06. The number of hydrogen-bond acceptors (Lipinski definition) is 8. The first kappa shape index (κ1) is 20.1. The molecule has 0 amide bonds. The fourth-order valence-electron chi connectivity index (χ4n) is 2.83. The minimum Gasteiger partial charge on any atom is -0.497 e. The molecule has 0 fully saturated rings. The number of thioether (sulfide) groups is 1. The number of benzene rings is 2. The third-order valence-electron chi connectivity index (χ3n) is 4.24. The SMILES string of the molecule is COc1cccc(NS(=O)(=O)CCCCSc2nc3cc4c(cc3s2)OCO4)c1. The lowest BCUT2D eigenvalue weighted by atomic mass is 10.3. The van der Waals surface area contributed by atoms with E-state index in [-0.39, 0.29) is 12.5 Å². The minimum absolute atomic E-state index is 0.0754. The van der Waals surface area contributed by atoms with Crippen molar-refractivity contribution in [3.63, 3.8) is 0 Å². The second-order valence-electron chi connectivity index (χ2n) is 6.36. The second kappa shape index (κ2) is 8.68. The highest BCUT2D eigenvalue weighted by molar-refractivity contribution is 8.01. The van der Waals surface area contributed by atoms with Crippen LogP contribution in [-0.4, -0.2) is 38.8 Å². The average molecular weight is 453 g/mol. The summed E-state index contributed by atoms with van der Waals surface area (Å²) >= 11 is 3.24. The molecular formula is C19H20N2O5S3. The Bertz CT molecular complexity index is 1070. The molecule has 0 saturated carbocycles. The lowest BCUT2D eigenvalue weighted by Gasteiger charge is -2.09. The number of nitrogens with one attached hydrogen (secondary N) is 1. The molecule has 0 atom stereocenters. The molecule has 1 N–H and O–H groups in total. The van der Waals surface area contributed by atoms with E-state index in [1.54, 1.807) is 54.5 Å². The highest BCUT2D eigenvalue weighted by atomic mass is 32.2. The first-order valence-electron chi connectivity index (χ1n) is 9.00. The van der Waals surface area contributed by atoms with E-state index in [2.05, 4.69) is 9.71 Å². The van der Waals surface area contributed by atoms with Crippen LogP contribution in [0, 0.1) is 0 Å². The summed E-state index contributed by atoms with van der Waals surface area (Å²) in [4.78, 5) is 4.61. The van der Waals surface area contributed by atoms with Gasteiger partial charge in [0.25, 0.3) is 0 Å². The van der Waals surface area contributed by atoms with Crippen molar-refractivity contribution in [3.05, 3.63) is 36.4 Å². The third-order valence-corrected chi connectivity index (χ3v) is 7.86. The van der Waals surface area contributed by atoms with Crippen molar-refractivity contribution in [2.75, 3.05) is 30.1 Å². The van der Waals surface area contributed by atoms with Gasteiger partial charge in [0.05, 0.1) is 28.8 Å². The summed E-state index contributed by atoms with van der Waals surface area (Å²) < 4.78 is 45.0. The van der Waals surface area contributed by atoms with E-state index in [4.69, 9.17) is 14.2 Å². The number of rotatable bonds is 9. The molecule has 1 aromatic heterocycles. The van der Waals surface area contributed by atoms with Crippen molar-refractivity contribution in [1.82, 2.24) is 4.98 Å². The van der Waals surface area contributed by atoms with Crippen LogP contribution in [-0.2, 0) is 10.0 Å². The molecule has 7 nitrogen and oxygen atoms in total. The maximum absolute atomic E-state index is 12.3. The molecule has 4 rings (SSSR count). The van der Waals surface area contributed by atoms with Crippen LogP contribution >= 0.6 is 23.1 Å². The van der Waals surface area contributed by atoms with Gasteiger partial charge in [-0.3, -0.25) is 4.72 Å². The molecule has 1 aliphatic rings. The van der Waals surface area contributed by atoms with Crippen molar-refractivity contribution < 1.29 is 22.6 Å². The Labute approximate surface area is 177 Å². The van der Waals surface area contributed by atoms with Crippen LogP contribution in [0.15, 0.2) is 40.7 Å². The molecule has 0 bridgehead atoms. The summed E-state index contributed by atoms with van der Waals surface area (Å²) in [5.41, 5.74) is 1.40. The van der Waals surface area contributed by atoms with Crippen LogP contribution in [0.3, 0.4) is 0 Å². The van der Waals surface area contributed by atoms with Gasteiger partial charge in [0.15, 0.2) is 15.8 Å². The van der Waals surface area contributed by atoms with Crippen LogP contribution in [0.1, 0.15) is 12.8 Å². The fraction of sp³-hybridized carbons (Fsp3) is 0.316. The topological polar surface area (TPSA) is 86.8 Å². The van der Waals surface area contributed by atoms with Crippen LogP contribution in [0.4, 0.5) is 5.69 Å². The quantitative estimate of drug-likeness (QED) is 0.381. The van der Waals surface area contributed by atoms with Gasteiger partial charge in [0.2, 0.25) is 16.8 Å². The van der Waals surface area contributed by atoms with Gasteiger partial charge in [-0.15, -0.1) is 11.3 Å². The van der Waals surface area contributed by atoms with Gasteiger partial charge in [0, 0.05) is 24.0 Å². The Kier molecular flexibility index (Phi) is 6.02. The smallest absolute Gasteiger partial charge is 0.232 e. The Balaban J connectivity index is 1.24. The number of aromatic nitrogens is 1. The summed E-state index contributed by atoms with van der Waals surface area (Å²) in [6.07, 6.45) is 1.36. The number of anilines is 1. The van der Waals surface area contributed by atoms with E-state index in [1.165, 1.54) is 0 Å². The van der Waals surface area contributed by atoms with Gasteiger partial charge in [-0.1, -0.05) is 17.8 Å². The van der Waals surface area contributed by atoms with Crippen molar-refractivity contribution >= 4 is 49.0 Å². The number of thiazole rings is 1. The lowest BCUT2D eigenvalue weighted by molar-refractivity contribution is 0.174. The van der Waals surface area contributed by atoms with Gasteiger partial charge < -0.3 is 14.2 Å².